The van der Waals surface area contributed by atoms with Crippen molar-refractivity contribution in [1.82, 2.24) is 5.43 Å². The minimum atomic E-state index is -0.211. The van der Waals surface area contributed by atoms with Crippen molar-refractivity contribution in [2.24, 2.45) is 5.84 Å². The third-order valence-corrected chi connectivity index (χ3v) is 5.81. The molecular formula is C15H17FN2S2. The molecule has 5 heteroatoms. The van der Waals surface area contributed by atoms with E-state index in [0.717, 1.165) is 23.3 Å². The molecule has 0 radical (unpaired) electrons. The molecule has 0 spiro atoms. The van der Waals surface area contributed by atoms with E-state index in [1.807, 2.05) is 24.8 Å². The van der Waals surface area contributed by atoms with Crippen LogP contribution < -0.4 is 11.3 Å². The number of hydrazine groups is 1. The average Bonchev–Trinajstić information content (AvgIpc) is 2.81. The normalized spacial score (nSPS) is 15.9. The van der Waals surface area contributed by atoms with Crippen molar-refractivity contribution in [3.05, 3.63) is 56.5 Å². The zero-order valence-corrected chi connectivity index (χ0v) is 12.9. The van der Waals surface area contributed by atoms with Crippen molar-refractivity contribution in [2.45, 2.75) is 25.1 Å². The lowest BCUT2D eigenvalue weighted by Crippen LogP contribution is -2.28. The van der Waals surface area contributed by atoms with Crippen molar-refractivity contribution in [3.63, 3.8) is 0 Å². The minimum absolute atomic E-state index is 0.134. The number of aryl methyl sites for hydroxylation is 2. The topological polar surface area (TPSA) is 38.0 Å². The van der Waals surface area contributed by atoms with Crippen molar-refractivity contribution < 1.29 is 4.39 Å². The Kier molecular flexibility index (Phi) is 4.12. The van der Waals surface area contributed by atoms with Gasteiger partial charge >= 0.3 is 0 Å². The van der Waals surface area contributed by atoms with E-state index in [2.05, 4.69) is 11.5 Å². The molecule has 20 heavy (non-hydrogen) atoms. The Morgan fingerprint density at radius 3 is 2.85 bits per heavy atom. The summed E-state index contributed by atoms with van der Waals surface area (Å²) in [5, 5.41) is 0. The first-order valence-electron chi connectivity index (χ1n) is 6.60. The second kappa shape index (κ2) is 5.85. The maximum Gasteiger partial charge on any atom is 0.123 e. The first-order valence-corrected chi connectivity index (χ1v) is 8.57. The summed E-state index contributed by atoms with van der Waals surface area (Å²) in [7, 11) is 0. The van der Waals surface area contributed by atoms with Gasteiger partial charge in [-0.15, -0.1) is 11.3 Å². The van der Waals surface area contributed by atoms with Crippen molar-refractivity contribution in [3.8, 4) is 0 Å². The van der Waals surface area contributed by atoms with Gasteiger partial charge in [-0.05, 0) is 54.0 Å². The number of thiophene rings is 1. The van der Waals surface area contributed by atoms with Crippen LogP contribution in [0.5, 0.6) is 0 Å². The van der Waals surface area contributed by atoms with Crippen molar-refractivity contribution in [2.75, 3.05) is 5.75 Å². The molecule has 0 fully saturated rings. The van der Waals surface area contributed by atoms with Gasteiger partial charge in [0.1, 0.15) is 5.82 Å². The Morgan fingerprint density at radius 2 is 2.15 bits per heavy atom. The van der Waals surface area contributed by atoms with Gasteiger partial charge in [0.15, 0.2) is 0 Å². The molecule has 1 atom stereocenters. The minimum Gasteiger partial charge on any atom is -0.271 e. The Bertz CT molecular complexity index is 581. The lowest BCUT2D eigenvalue weighted by molar-refractivity contribution is 0.607. The smallest absolute Gasteiger partial charge is 0.123 e. The molecule has 3 rings (SSSR count). The standard InChI is InChI=1S/C15H17FN2S2/c1-9-4-10(6-12(16)5-9)15(18-17)14-7-11-8-19-3-2-13(11)20-14/h4-7,15,18H,2-3,8,17H2,1H3. The Morgan fingerprint density at radius 1 is 1.30 bits per heavy atom. The van der Waals surface area contributed by atoms with Gasteiger partial charge in [-0.2, -0.15) is 11.8 Å². The zero-order chi connectivity index (χ0) is 14.1. The lowest BCUT2D eigenvalue weighted by atomic mass is 10.0. The molecule has 0 bridgehead atoms. The molecule has 1 aromatic carbocycles. The van der Waals surface area contributed by atoms with Crippen LogP contribution in [-0.2, 0) is 12.2 Å². The van der Waals surface area contributed by atoms with Crippen LogP contribution in [0.3, 0.4) is 0 Å². The van der Waals surface area contributed by atoms with Gasteiger partial charge in [-0.3, -0.25) is 5.84 Å². The first-order chi connectivity index (χ1) is 9.67. The molecule has 3 N–H and O–H groups in total. The van der Waals surface area contributed by atoms with E-state index in [0.29, 0.717) is 0 Å². The number of hydrogen-bond acceptors (Lipinski definition) is 4. The summed E-state index contributed by atoms with van der Waals surface area (Å²) in [4.78, 5) is 2.62. The monoisotopic (exact) mass is 308 g/mol. The zero-order valence-electron chi connectivity index (χ0n) is 11.3. The van der Waals surface area contributed by atoms with Crippen LogP contribution in [0, 0.1) is 12.7 Å². The molecule has 0 saturated heterocycles. The second-order valence-electron chi connectivity index (χ2n) is 5.06. The van der Waals surface area contributed by atoms with Crippen molar-refractivity contribution in [1.29, 1.82) is 0 Å². The van der Waals surface area contributed by atoms with E-state index < -0.39 is 0 Å². The molecule has 2 heterocycles. The fourth-order valence-electron chi connectivity index (χ4n) is 2.59. The predicted octanol–water partition coefficient (Wildman–Crippen LogP) is 3.54. The number of rotatable bonds is 3. The predicted molar refractivity (Wildman–Crippen MR) is 84.5 cm³/mol. The molecule has 1 aliphatic rings. The summed E-state index contributed by atoms with van der Waals surface area (Å²) in [6, 6.07) is 7.17. The number of nitrogens with one attached hydrogen (secondary N) is 1. The van der Waals surface area contributed by atoms with Gasteiger partial charge in [0.25, 0.3) is 0 Å². The van der Waals surface area contributed by atoms with Gasteiger partial charge in [-0.1, -0.05) is 6.07 Å². The molecule has 1 aliphatic heterocycles. The molecule has 1 unspecified atom stereocenters. The highest BCUT2D eigenvalue weighted by Gasteiger charge is 2.20. The van der Waals surface area contributed by atoms with Crippen LogP contribution in [0.2, 0.25) is 0 Å². The molecule has 106 valence electrons. The van der Waals surface area contributed by atoms with E-state index >= 15 is 0 Å². The van der Waals surface area contributed by atoms with Gasteiger partial charge in [0.2, 0.25) is 0 Å². The number of fused-ring (bicyclic) bond motifs is 1. The Balaban J connectivity index is 1.98. The number of benzene rings is 1. The summed E-state index contributed by atoms with van der Waals surface area (Å²) >= 11 is 3.76. The summed E-state index contributed by atoms with van der Waals surface area (Å²) in [5.74, 6) is 7.77. The van der Waals surface area contributed by atoms with Gasteiger partial charge in [0.05, 0.1) is 6.04 Å². The van der Waals surface area contributed by atoms with Crippen LogP contribution in [0.1, 0.15) is 32.5 Å². The lowest BCUT2D eigenvalue weighted by Gasteiger charge is -2.15. The van der Waals surface area contributed by atoms with E-state index in [1.54, 1.807) is 17.4 Å². The third-order valence-electron chi connectivity index (χ3n) is 3.50. The summed E-state index contributed by atoms with van der Waals surface area (Å²) in [5.41, 5.74) is 6.05. The van der Waals surface area contributed by atoms with Crippen LogP contribution in [0.25, 0.3) is 0 Å². The largest absolute Gasteiger partial charge is 0.271 e. The Labute approximate surface area is 126 Å². The third kappa shape index (κ3) is 2.76. The molecule has 0 amide bonds. The maximum absolute atomic E-state index is 13.6. The molecule has 2 nitrogen and oxygen atoms in total. The van der Waals surface area contributed by atoms with Crippen LogP contribution >= 0.6 is 23.1 Å². The molecule has 0 saturated carbocycles. The fourth-order valence-corrected chi connectivity index (χ4v) is 5.05. The fraction of sp³-hybridized carbons (Fsp3) is 0.333. The second-order valence-corrected chi connectivity index (χ2v) is 7.33. The number of halogens is 1. The van der Waals surface area contributed by atoms with Gasteiger partial charge in [0, 0.05) is 15.5 Å². The van der Waals surface area contributed by atoms with Crippen molar-refractivity contribution >= 4 is 23.1 Å². The maximum atomic E-state index is 13.6. The number of nitrogens with two attached hydrogens (primary N) is 1. The average molecular weight is 308 g/mol. The summed E-state index contributed by atoms with van der Waals surface area (Å²) in [6.07, 6.45) is 1.13. The van der Waals surface area contributed by atoms with E-state index in [1.165, 1.54) is 27.1 Å². The highest BCUT2D eigenvalue weighted by molar-refractivity contribution is 7.98. The van der Waals surface area contributed by atoms with Crippen LogP contribution in [0.4, 0.5) is 4.39 Å². The molecule has 2 aromatic rings. The number of hydrogen-bond donors (Lipinski definition) is 2. The summed E-state index contributed by atoms with van der Waals surface area (Å²) in [6.45, 7) is 1.90. The summed E-state index contributed by atoms with van der Waals surface area (Å²) < 4.78 is 13.6. The highest BCUT2D eigenvalue weighted by Crippen LogP contribution is 2.36. The Hall–Kier alpha value is -0.880. The first kappa shape index (κ1) is 14.1. The van der Waals surface area contributed by atoms with E-state index in [-0.39, 0.29) is 11.9 Å². The molecular weight excluding hydrogens is 291 g/mol. The highest BCUT2D eigenvalue weighted by atomic mass is 32.2. The SMILES string of the molecule is Cc1cc(F)cc(C(NN)c2cc3c(s2)CCSC3)c1. The van der Waals surface area contributed by atoms with E-state index in [9.17, 15) is 4.39 Å². The molecule has 1 aromatic heterocycles. The van der Waals surface area contributed by atoms with Crippen LogP contribution in [0.15, 0.2) is 24.3 Å². The van der Waals surface area contributed by atoms with E-state index in [4.69, 9.17) is 5.84 Å². The van der Waals surface area contributed by atoms with Gasteiger partial charge < -0.3 is 0 Å². The molecule has 0 aliphatic carbocycles. The number of thioether (sulfide) groups is 1. The van der Waals surface area contributed by atoms with Crippen LogP contribution in [-0.4, -0.2) is 5.75 Å². The quantitative estimate of drug-likeness (QED) is 0.673. The van der Waals surface area contributed by atoms with Gasteiger partial charge in [-0.25, -0.2) is 9.82 Å².